The minimum Gasteiger partial charge on any atom is -0.478 e. The number of carbonyl (C=O) groups excluding carboxylic acids is 1. The van der Waals surface area contributed by atoms with Gasteiger partial charge in [0.05, 0.1) is 11.5 Å². The molecule has 102 valence electrons. The van der Waals surface area contributed by atoms with Gasteiger partial charge in [0.25, 0.3) is 0 Å². The molecular formula is C16H15NO3. The third kappa shape index (κ3) is 3.23. The van der Waals surface area contributed by atoms with Gasteiger partial charge in [0, 0.05) is 5.69 Å². The number of benzene rings is 2. The number of aromatic carboxylic acids is 1. The van der Waals surface area contributed by atoms with Crippen LogP contribution in [0.3, 0.4) is 0 Å². The number of rotatable bonds is 4. The van der Waals surface area contributed by atoms with E-state index in [0.29, 0.717) is 5.69 Å². The van der Waals surface area contributed by atoms with Crippen LogP contribution in [0.5, 0.6) is 0 Å². The van der Waals surface area contributed by atoms with Crippen LogP contribution in [0.25, 0.3) is 0 Å². The largest absolute Gasteiger partial charge is 0.478 e. The highest BCUT2D eigenvalue weighted by Crippen LogP contribution is 2.18. The normalized spacial score (nSPS) is 11.7. The first-order valence-corrected chi connectivity index (χ1v) is 6.27. The van der Waals surface area contributed by atoms with Gasteiger partial charge in [-0.2, -0.15) is 0 Å². The van der Waals surface area contributed by atoms with Gasteiger partial charge < -0.3 is 10.4 Å². The average Bonchev–Trinajstić information content (AvgIpc) is 2.48. The van der Waals surface area contributed by atoms with E-state index in [-0.39, 0.29) is 17.4 Å². The first kappa shape index (κ1) is 13.8. The Morgan fingerprint density at radius 2 is 1.60 bits per heavy atom. The van der Waals surface area contributed by atoms with Gasteiger partial charge in [0.2, 0.25) is 5.91 Å². The summed E-state index contributed by atoms with van der Waals surface area (Å²) in [5, 5.41) is 11.6. The lowest BCUT2D eigenvalue weighted by molar-refractivity contribution is -0.117. The Bertz CT molecular complexity index is 605. The van der Waals surface area contributed by atoms with Gasteiger partial charge in [-0.25, -0.2) is 4.79 Å². The zero-order valence-corrected chi connectivity index (χ0v) is 11.0. The highest BCUT2D eigenvalue weighted by Gasteiger charge is 2.15. The van der Waals surface area contributed by atoms with Gasteiger partial charge in [0.1, 0.15) is 0 Å². The molecular weight excluding hydrogens is 254 g/mol. The zero-order chi connectivity index (χ0) is 14.5. The van der Waals surface area contributed by atoms with E-state index in [1.165, 1.54) is 12.1 Å². The highest BCUT2D eigenvalue weighted by atomic mass is 16.4. The molecule has 0 saturated heterocycles. The third-order valence-corrected chi connectivity index (χ3v) is 3.09. The quantitative estimate of drug-likeness (QED) is 0.896. The molecule has 4 heteroatoms. The van der Waals surface area contributed by atoms with Gasteiger partial charge >= 0.3 is 5.97 Å². The molecule has 0 radical (unpaired) electrons. The van der Waals surface area contributed by atoms with Crippen LogP contribution in [-0.2, 0) is 4.79 Å². The molecule has 0 heterocycles. The topological polar surface area (TPSA) is 66.4 Å². The lowest BCUT2D eigenvalue weighted by Gasteiger charge is -2.12. The van der Waals surface area contributed by atoms with E-state index >= 15 is 0 Å². The van der Waals surface area contributed by atoms with Crippen LogP contribution in [0.15, 0.2) is 54.6 Å². The van der Waals surface area contributed by atoms with Gasteiger partial charge in [-0.05, 0) is 36.8 Å². The summed E-state index contributed by atoms with van der Waals surface area (Å²) in [6, 6.07) is 15.6. The summed E-state index contributed by atoms with van der Waals surface area (Å²) >= 11 is 0. The molecule has 0 aromatic heterocycles. The van der Waals surface area contributed by atoms with E-state index in [2.05, 4.69) is 5.32 Å². The molecule has 2 rings (SSSR count). The number of carboxylic acid groups (broad SMARTS) is 1. The Kier molecular flexibility index (Phi) is 4.15. The number of carbonyl (C=O) groups is 2. The van der Waals surface area contributed by atoms with Crippen LogP contribution < -0.4 is 5.32 Å². The van der Waals surface area contributed by atoms with E-state index in [1.54, 1.807) is 12.1 Å². The van der Waals surface area contributed by atoms with Crippen molar-refractivity contribution in [2.45, 2.75) is 12.8 Å². The van der Waals surface area contributed by atoms with Crippen LogP contribution in [0.1, 0.15) is 28.8 Å². The molecule has 0 bridgehead atoms. The average molecular weight is 269 g/mol. The fraction of sp³-hybridized carbons (Fsp3) is 0.125. The Hall–Kier alpha value is -2.62. The number of hydrogen-bond donors (Lipinski definition) is 2. The summed E-state index contributed by atoms with van der Waals surface area (Å²) in [7, 11) is 0. The molecule has 0 aliphatic carbocycles. The molecule has 0 fully saturated rings. The number of carboxylic acids is 1. The SMILES string of the molecule is C[C@@H](C(=O)Nc1ccc(C(=O)O)cc1)c1ccccc1. The predicted molar refractivity (Wildman–Crippen MR) is 76.9 cm³/mol. The van der Waals surface area contributed by atoms with Gasteiger partial charge in [-0.1, -0.05) is 30.3 Å². The minimum absolute atomic E-state index is 0.126. The molecule has 1 amide bonds. The summed E-state index contributed by atoms with van der Waals surface area (Å²) in [5.74, 6) is -1.38. The lowest BCUT2D eigenvalue weighted by atomic mass is 10.0. The summed E-state index contributed by atoms with van der Waals surface area (Å²) in [5.41, 5.74) is 1.72. The molecule has 0 aliphatic rings. The summed E-state index contributed by atoms with van der Waals surface area (Å²) in [6.07, 6.45) is 0. The maximum Gasteiger partial charge on any atom is 0.335 e. The van der Waals surface area contributed by atoms with Crippen LogP contribution >= 0.6 is 0 Å². The van der Waals surface area contributed by atoms with Crippen molar-refractivity contribution in [3.63, 3.8) is 0 Å². The van der Waals surface area contributed by atoms with Gasteiger partial charge in [-0.3, -0.25) is 4.79 Å². The van der Waals surface area contributed by atoms with Crippen molar-refractivity contribution in [3.05, 3.63) is 65.7 Å². The Morgan fingerprint density at radius 3 is 2.15 bits per heavy atom. The second kappa shape index (κ2) is 6.02. The number of hydrogen-bond acceptors (Lipinski definition) is 2. The molecule has 0 saturated carbocycles. The van der Waals surface area contributed by atoms with Crippen molar-refractivity contribution < 1.29 is 14.7 Å². The molecule has 2 aromatic carbocycles. The van der Waals surface area contributed by atoms with Crippen molar-refractivity contribution in [2.24, 2.45) is 0 Å². The number of anilines is 1. The van der Waals surface area contributed by atoms with E-state index < -0.39 is 5.97 Å². The molecule has 1 atom stereocenters. The summed E-state index contributed by atoms with van der Waals surface area (Å²) in [4.78, 5) is 22.8. The Labute approximate surface area is 117 Å². The smallest absolute Gasteiger partial charge is 0.335 e. The standard InChI is InChI=1S/C16H15NO3/c1-11(12-5-3-2-4-6-12)15(18)17-14-9-7-13(8-10-14)16(19)20/h2-11H,1H3,(H,17,18)(H,19,20)/t11-/m1/s1. The maximum atomic E-state index is 12.1. The van der Waals surface area contributed by atoms with Crippen molar-refractivity contribution in [1.29, 1.82) is 0 Å². The van der Waals surface area contributed by atoms with E-state index in [9.17, 15) is 9.59 Å². The Balaban J connectivity index is 2.06. The van der Waals surface area contributed by atoms with Crippen LogP contribution in [0.4, 0.5) is 5.69 Å². The summed E-state index contributed by atoms with van der Waals surface area (Å²) < 4.78 is 0. The molecule has 0 aliphatic heterocycles. The maximum absolute atomic E-state index is 12.1. The van der Waals surface area contributed by atoms with Gasteiger partial charge in [0.15, 0.2) is 0 Å². The highest BCUT2D eigenvalue weighted by molar-refractivity contribution is 5.96. The van der Waals surface area contributed by atoms with E-state index in [4.69, 9.17) is 5.11 Å². The van der Waals surface area contributed by atoms with Crippen LogP contribution in [0, 0.1) is 0 Å². The summed E-state index contributed by atoms with van der Waals surface area (Å²) in [6.45, 7) is 1.83. The number of nitrogens with one attached hydrogen (secondary N) is 1. The number of amides is 1. The van der Waals surface area contributed by atoms with E-state index in [1.807, 2.05) is 37.3 Å². The zero-order valence-electron chi connectivity index (χ0n) is 11.0. The van der Waals surface area contributed by atoms with Crippen molar-refractivity contribution >= 4 is 17.6 Å². The first-order chi connectivity index (χ1) is 9.58. The molecule has 4 nitrogen and oxygen atoms in total. The van der Waals surface area contributed by atoms with Crippen molar-refractivity contribution in [3.8, 4) is 0 Å². The van der Waals surface area contributed by atoms with Crippen molar-refractivity contribution in [2.75, 3.05) is 5.32 Å². The van der Waals surface area contributed by atoms with Crippen LogP contribution in [0.2, 0.25) is 0 Å². The Morgan fingerprint density at radius 1 is 1.00 bits per heavy atom. The van der Waals surface area contributed by atoms with Crippen LogP contribution in [-0.4, -0.2) is 17.0 Å². The first-order valence-electron chi connectivity index (χ1n) is 6.27. The molecule has 20 heavy (non-hydrogen) atoms. The molecule has 2 aromatic rings. The minimum atomic E-state index is -0.986. The van der Waals surface area contributed by atoms with E-state index in [0.717, 1.165) is 5.56 Å². The molecule has 0 unspecified atom stereocenters. The second-order valence-corrected chi connectivity index (χ2v) is 4.50. The molecule has 0 spiro atoms. The second-order valence-electron chi connectivity index (χ2n) is 4.50. The predicted octanol–water partition coefficient (Wildman–Crippen LogP) is 3.13. The monoisotopic (exact) mass is 269 g/mol. The third-order valence-electron chi connectivity index (χ3n) is 3.09. The fourth-order valence-electron chi connectivity index (χ4n) is 1.84. The fourth-order valence-corrected chi connectivity index (χ4v) is 1.84. The lowest BCUT2D eigenvalue weighted by Crippen LogP contribution is -2.18. The van der Waals surface area contributed by atoms with Crippen molar-refractivity contribution in [1.82, 2.24) is 0 Å². The van der Waals surface area contributed by atoms with Gasteiger partial charge in [-0.15, -0.1) is 0 Å². The molecule has 2 N–H and O–H groups in total.